The summed E-state index contributed by atoms with van der Waals surface area (Å²) in [6.07, 6.45) is 5.17. The highest BCUT2D eigenvalue weighted by atomic mass is 16.2. The van der Waals surface area contributed by atoms with Crippen LogP contribution in [0.25, 0.3) is 11.1 Å². The van der Waals surface area contributed by atoms with Gasteiger partial charge in [-0.05, 0) is 41.7 Å². The summed E-state index contributed by atoms with van der Waals surface area (Å²) in [6.45, 7) is 9.14. The highest BCUT2D eigenvalue weighted by Gasteiger charge is 2.18. The van der Waals surface area contributed by atoms with Gasteiger partial charge in [0, 0.05) is 43.7 Å². The molecule has 1 atom stereocenters. The van der Waals surface area contributed by atoms with Gasteiger partial charge in [-0.3, -0.25) is 14.8 Å². The van der Waals surface area contributed by atoms with E-state index in [0.717, 1.165) is 28.9 Å². The molecule has 0 aliphatic heterocycles. The number of benzene rings is 2. The van der Waals surface area contributed by atoms with Crippen LogP contribution in [-0.2, 0) is 0 Å². The van der Waals surface area contributed by atoms with Crippen LogP contribution in [0.2, 0.25) is 0 Å². The van der Waals surface area contributed by atoms with E-state index in [1.165, 1.54) is 5.56 Å². The zero-order chi connectivity index (χ0) is 21.0. The van der Waals surface area contributed by atoms with Crippen molar-refractivity contribution in [1.29, 1.82) is 0 Å². The van der Waals surface area contributed by atoms with Gasteiger partial charge in [0.15, 0.2) is 0 Å². The number of hydrogen-bond donors (Lipinski definition) is 0. The minimum atomic E-state index is 0.0380. The fourth-order valence-electron chi connectivity index (χ4n) is 3.49. The Balaban J connectivity index is 2.06. The van der Waals surface area contributed by atoms with Crippen molar-refractivity contribution in [3.05, 3.63) is 83.4 Å². The molecule has 1 heterocycles. The summed E-state index contributed by atoms with van der Waals surface area (Å²) in [5, 5.41) is 0. The van der Waals surface area contributed by atoms with E-state index in [1.54, 1.807) is 23.5 Å². The molecule has 0 fully saturated rings. The Morgan fingerprint density at radius 2 is 1.72 bits per heavy atom. The maximum absolute atomic E-state index is 13.1. The topological polar surface area (TPSA) is 46.1 Å². The molecule has 0 aliphatic rings. The van der Waals surface area contributed by atoms with E-state index in [2.05, 4.69) is 68.0 Å². The van der Waals surface area contributed by atoms with Crippen LogP contribution in [0.3, 0.4) is 0 Å². The molecule has 1 amide bonds. The summed E-state index contributed by atoms with van der Waals surface area (Å²) in [5.41, 5.74) is 6.01. The van der Waals surface area contributed by atoms with Gasteiger partial charge >= 0.3 is 0 Å². The molecule has 0 radical (unpaired) electrons. The van der Waals surface area contributed by atoms with Gasteiger partial charge in [-0.1, -0.05) is 56.7 Å². The molecule has 0 saturated carbocycles. The van der Waals surface area contributed by atoms with Crippen molar-refractivity contribution >= 4 is 5.91 Å². The Hall–Kier alpha value is -3.01. The quantitative estimate of drug-likeness (QED) is 0.574. The van der Waals surface area contributed by atoms with Gasteiger partial charge < -0.3 is 4.90 Å². The fraction of sp³-hybridized carbons (Fsp3) is 0.320. The summed E-state index contributed by atoms with van der Waals surface area (Å²) >= 11 is 0. The number of carbonyl (C=O) groups excluding carboxylic acids is 1. The maximum atomic E-state index is 13.1. The second-order valence-electron chi connectivity index (χ2n) is 8.14. The lowest BCUT2D eigenvalue weighted by atomic mass is 9.91. The lowest BCUT2D eigenvalue weighted by Crippen LogP contribution is -2.30. The van der Waals surface area contributed by atoms with Crippen molar-refractivity contribution in [2.75, 3.05) is 13.6 Å². The van der Waals surface area contributed by atoms with Crippen LogP contribution >= 0.6 is 0 Å². The van der Waals surface area contributed by atoms with Crippen LogP contribution in [0.4, 0.5) is 0 Å². The summed E-state index contributed by atoms with van der Waals surface area (Å²) in [5.74, 6) is 0.499. The van der Waals surface area contributed by atoms with Crippen LogP contribution in [0, 0.1) is 12.8 Å². The van der Waals surface area contributed by atoms with Crippen LogP contribution < -0.4 is 0 Å². The molecular formula is C25H29N3O. The first-order valence-corrected chi connectivity index (χ1v) is 10.1. The van der Waals surface area contributed by atoms with Crippen LogP contribution in [-0.4, -0.2) is 34.4 Å². The van der Waals surface area contributed by atoms with Gasteiger partial charge in [-0.25, -0.2) is 0 Å². The Bertz CT molecular complexity index is 965. The van der Waals surface area contributed by atoms with Crippen LogP contribution in [0.15, 0.2) is 61.1 Å². The van der Waals surface area contributed by atoms with Gasteiger partial charge in [-0.2, -0.15) is 0 Å². The zero-order valence-electron chi connectivity index (χ0n) is 17.9. The number of hydrogen-bond acceptors (Lipinski definition) is 3. The van der Waals surface area contributed by atoms with Gasteiger partial charge in [-0.15, -0.1) is 0 Å². The lowest BCUT2D eigenvalue weighted by molar-refractivity contribution is 0.0779. The Morgan fingerprint density at radius 1 is 1.00 bits per heavy atom. The van der Waals surface area contributed by atoms with E-state index < -0.39 is 0 Å². The van der Waals surface area contributed by atoms with Gasteiger partial charge in [0.25, 0.3) is 5.91 Å². The Morgan fingerprint density at radius 3 is 2.34 bits per heavy atom. The number of aromatic nitrogens is 2. The lowest BCUT2D eigenvalue weighted by Gasteiger charge is -2.21. The minimum absolute atomic E-state index is 0.0380. The zero-order valence-corrected chi connectivity index (χ0v) is 17.9. The predicted octanol–water partition coefficient (Wildman–Crippen LogP) is 5.33. The molecule has 1 aromatic heterocycles. The Labute approximate surface area is 173 Å². The van der Waals surface area contributed by atoms with Crippen LogP contribution in [0.5, 0.6) is 0 Å². The van der Waals surface area contributed by atoms with E-state index in [4.69, 9.17) is 0 Å². The molecule has 0 N–H and O–H groups in total. The highest BCUT2D eigenvalue weighted by Crippen LogP contribution is 2.29. The molecule has 0 bridgehead atoms. The van der Waals surface area contributed by atoms with Crippen molar-refractivity contribution in [2.45, 2.75) is 33.6 Å². The Kier molecular flexibility index (Phi) is 6.42. The number of carbonyl (C=O) groups is 1. The predicted molar refractivity (Wildman–Crippen MR) is 118 cm³/mol. The molecule has 0 saturated heterocycles. The second-order valence-corrected chi connectivity index (χ2v) is 8.14. The fourth-order valence-corrected chi connectivity index (χ4v) is 3.49. The van der Waals surface area contributed by atoms with Gasteiger partial charge in [0.1, 0.15) is 0 Å². The monoisotopic (exact) mass is 387 g/mol. The standard InChI is InChI=1S/C25H29N3O/c1-17(2)16-28(5)25(29)23-13-21(19(4)24-15-26-10-11-27-24)12-22(14-23)20-8-6-18(3)7-9-20/h6-15,17,19H,16H2,1-5H3. The van der Waals surface area contributed by atoms with E-state index in [0.29, 0.717) is 11.5 Å². The molecule has 3 rings (SSSR count). The third kappa shape index (κ3) is 5.08. The average molecular weight is 388 g/mol. The van der Waals surface area contributed by atoms with E-state index in [-0.39, 0.29) is 11.8 Å². The van der Waals surface area contributed by atoms with Crippen molar-refractivity contribution in [3.8, 4) is 11.1 Å². The number of amides is 1. The molecule has 1 unspecified atom stereocenters. The summed E-state index contributed by atoms with van der Waals surface area (Å²) in [6, 6.07) is 14.6. The number of aryl methyl sites for hydroxylation is 1. The van der Waals surface area contributed by atoms with Crippen molar-refractivity contribution < 1.29 is 4.79 Å². The first-order valence-electron chi connectivity index (χ1n) is 10.1. The van der Waals surface area contributed by atoms with Crippen LogP contribution in [0.1, 0.15) is 53.9 Å². The van der Waals surface area contributed by atoms with E-state index >= 15 is 0 Å². The summed E-state index contributed by atoms with van der Waals surface area (Å²) < 4.78 is 0. The molecule has 0 aliphatic carbocycles. The van der Waals surface area contributed by atoms with E-state index in [1.807, 2.05) is 19.2 Å². The van der Waals surface area contributed by atoms with Gasteiger partial charge in [0.2, 0.25) is 0 Å². The first-order chi connectivity index (χ1) is 13.8. The summed E-state index contributed by atoms with van der Waals surface area (Å²) in [4.78, 5) is 23.6. The molecule has 150 valence electrons. The SMILES string of the molecule is Cc1ccc(-c2cc(C(=O)N(C)CC(C)C)cc(C(C)c3cnccn3)c2)cc1. The highest BCUT2D eigenvalue weighted by molar-refractivity contribution is 5.95. The maximum Gasteiger partial charge on any atom is 0.253 e. The third-order valence-corrected chi connectivity index (χ3v) is 5.10. The van der Waals surface area contributed by atoms with Crippen molar-refractivity contribution in [1.82, 2.24) is 14.9 Å². The minimum Gasteiger partial charge on any atom is -0.341 e. The smallest absolute Gasteiger partial charge is 0.253 e. The molecule has 3 aromatic rings. The molecule has 2 aromatic carbocycles. The summed E-state index contributed by atoms with van der Waals surface area (Å²) in [7, 11) is 1.87. The normalized spacial score (nSPS) is 12.1. The van der Waals surface area contributed by atoms with Crippen molar-refractivity contribution in [2.24, 2.45) is 5.92 Å². The number of rotatable bonds is 6. The van der Waals surface area contributed by atoms with Crippen molar-refractivity contribution in [3.63, 3.8) is 0 Å². The molecular weight excluding hydrogens is 358 g/mol. The largest absolute Gasteiger partial charge is 0.341 e. The number of nitrogens with zero attached hydrogens (tertiary/aromatic N) is 3. The van der Waals surface area contributed by atoms with E-state index in [9.17, 15) is 4.79 Å². The van der Waals surface area contributed by atoms with Gasteiger partial charge in [0.05, 0.1) is 5.69 Å². The molecule has 4 heteroatoms. The third-order valence-electron chi connectivity index (χ3n) is 5.10. The molecule has 4 nitrogen and oxygen atoms in total. The molecule has 29 heavy (non-hydrogen) atoms. The second kappa shape index (κ2) is 8.99. The first kappa shape index (κ1) is 20.7. The average Bonchev–Trinajstić information content (AvgIpc) is 2.73. The molecule has 0 spiro atoms.